The van der Waals surface area contributed by atoms with Crippen molar-refractivity contribution in [2.75, 3.05) is 6.54 Å². The van der Waals surface area contributed by atoms with E-state index in [0.29, 0.717) is 5.02 Å². The first-order valence-corrected chi connectivity index (χ1v) is 7.32. The molecule has 2 rings (SSSR count). The number of hydrogen-bond acceptors (Lipinski definition) is 1. The molecule has 0 fully saturated rings. The van der Waals surface area contributed by atoms with E-state index in [0.717, 1.165) is 36.2 Å². The van der Waals surface area contributed by atoms with Crippen LogP contribution in [-0.4, -0.2) is 6.54 Å². The molecule has 20 heavy (non-hydrogen) atoms. The molecule has 0 atom stereocenters. The molecule has 1 N–H and O–H groups in total. The molecule has 106 valence electrons. The SMILES string of the molecule is CCCNCc1ccc(-c2ccc(F)c(Cl)c2)cc1Cl. The second-order valence-electron chi connectivity index (χ2n) is 4.61. The van der Waals surface area contributed by atoms with Gasteiger partial charge < -0.3 is 5.32 Å². The van der Waals surface area contributed by atoms with Crippen molar-refractivity contribution in [2.24, 2.45) is 0 Å². The van der Waals surface area contributed by atoms with Crippen LogP contribution in [0.15, 0.2) is 36.4 Å². The van der Waals surface area contributed by atoms with Crippen molar-refractivity contribution in [3.8, 4) is 11.1 Å². The van der Waals surface area contributed by atoms with Crippen LogP contribution in [0.2, 0.25) is 10.0 Å². The van der Waals surface area contributed by atoms with Gasteiger partial charge >= 0.3 is 0 Å². The summed E-state index contributed by atoms with van der Waals surface area (Å²) in [5, 5.41) is 4.13. The maximum atomic E-state index is 13.2. The van der Waals surface area contributed by atoms with Gasteiger partial charge in [-0.3, -0.25) is 0 Å². The summed E-state index contributed by atoms with van der Waals surface area (Å²) in [6, 6.07) is 10.5. The molecular weight excluding hydrogens is 296 g/mol. The van der Waals surface area contributed by atoms with E-state index in [-0.39, 0.29) is 5.02 Å². The van der Waals surface area contributed by atoms with E-state index in [2.05, 4.69) is 12.2 Å². The summed E-state index contributed by atoms with van der Waals surface area (Å²) in [5.74, 6) is -0.415. The van der Waals surface area contributed by atoms with Gasteiger partial charge in [0.15, 0.2) is 0 Å². The van der Waals surface area contributed by atoms with Crippen molar-refractivity contribution >= 4 is 23.2 Å². The zero-order valence-corrected chi connectivity index (χ0v) is 12.7. The molecule has 0 spiro atoms. The molecule has 0 saturated carbocycles. The highest BCUT2D eigenvalue weighted by atomic mass is 35.5. The minimum atomic E-state index is -0.415. The van der Waals surface area contributed by atoms with E-state index in [1.54, 1.807) is 12.1 Å². The Morgan fingerprint density at radius 1 is 1.00 bits per heavy atom. The Morgan fingerprint density at radius 2 is 1.65 bits per heavy atom. The van der Waals surface area contributed by atoms with Crippen LogP contribution in [0.5, 0.6) is 0 Å². The van der Waals surface area contributed by atoms with Crippen molar-refractivity contribution in [1.82, 2.24) is 5.32 Å². The van der Waals surface area contributed by atoms with Crippen LogP contribution in [-0.2, 0) is 6.54 Å². The molecule has 1 nitrogen and oxygen atoms in total. The van der Waals surface area contributed by atoms with E-state index < -0.39 is 5.82 Å². The predicted molar refractivity (Wildman–Crippen MR) is 83.9 cm³/mol. The topological polar surface area (TPSA) is 12.0 Å². The molecule has 0 aliphatic rings. The Labute approximate surface area is 128 Å². The summed E-state index contributed by atoms with van der Waals surface area (Å²) in [7, 11) is 0. The third-order valence-electron chi connectivity index (χ3n) is 3.05. The van der Waals surface area contributed by atoms with Gasteiger partial charge in [0, 0.05) is 11.6 Å². The largest absolute Gasteiger partial charge is 0.313 e. The zero-order valence-electron chi connectivity index (χ0n) is 11.2. The van der Waals surface area contributed by atoms with Crippen LogP contribution in [0.4, 0.5) is 4.39 Å². The fourth-order valence-corrected chi connectivity index (χ4v) is 2.37. The minimum Gasteiger partial charge on any atom is -0.313 e. The molecule has 2 aromatic carbocycles. The summed E-state index contributed by atoms with van der Waals surface area (Å²) >= 11 is 12.1. The van der Waals surface area contributed by atoms with Gasteiger partial charge in [-0.05, 0) is 47.9 Å². The Kier molecular flexibility index (Phi) is 5.41. The first kappa shape index (κ1) is 15.3. The fourth-order valence-electron chi connectivity index (χ4n) is 1.95. The maximum absolute atomic E-state index is 13.2. The molecule has 0 unspecified atom stereocenters. The number of rotatable bonds is 5. The lowest BCUT2D eigenvalue weighted by Crippen LogP contribution is -2.13. The van der Waals surface area contributed by atoms with Gasteiger partial charge in [-0.25, -0.2) is 4.39 Å². The maximum Gasteiger partial charge on any atom is 0.141 e. The quantitative estimate of drug-likeness (QED) is 0.739. The summed E-state index contributed by atoms with van der Waals surface area (Å²) in [6.07, 6.45) is 1.09. The van der Waals surface area contributed by atoms with Crippen molar-refractivity contribution in [1.29, 1.82) is 0 Å². The van der Waals surface area contributed by atoms with E-state index in [1.807, 2.05) is 18.2 Å². The van der Waals surface area contributed by atoms with Gasteiger partial charge in [-0.2, -0.15) is 0 Å². The molecule has 0 amide bonds. The van der Waals surface area contributed by atoms with E-state index in [9.17, 15) is 4.39 Å². The molecule has 0 bridgehead atoms. The van der Waals surface area contributed by atoms with E-state index in [1.165, 1.54) is 6.07 Å². The summed E-state index contributed by atoms with van der Waals surface area (Å²) < 4.78 is 13.2. The van der Waals surface area contributed by atoms with Gasteiger partial charge in [0.1, 0.15) is 5.82 Å². The van der Waals surface area contributed by atoms with Crippen LogP contribution in [0.1, 0.15) is 18.9 Å². The molecule has 0 aliphatic heterocycles. The summed E-state index contributed by atoms with van der Waals surface area (Å²) in [4.78, 5) is 0. The second kappa shape index (κ2) is 7.07. The number of hydrogen-bond donors (Lipinski definition) is 1. The molecule has 2 aromatic rings. The Morgan fingerprint density at radius 3 is 2.25 bits per heavy atom. The van der Waals surface area contributed by atoms with Crippen LogP contribution in [0, 0.1) is 5.82 Å². The highest BCUT2D eigenvalue weighted by Crippen LogP contribution is 2.28. The van der Waals surface area contributed by atoms with Gasteiger partial charge in [-0.15, -0.1) is 0 Å². The minimum absolute atomic E-state index is 0.118. The Bertz CT molecular complexity index is 599. The van der Waals surface area contributed by atoms with Crippen LogP contribution in [0.3, 0.4) is 0 Å². The van der Waals surface area contributed by atoms with Crippen molar-refractivity contribution < 1.29 is 4.39 Å². The van der Waals surface area contributed by atoms with Crippen LogP contribution < -0.4 is 5.32 Å². The molecule has 4 heteroatoms. The lowest BCUT2D eigenvalue weighted by molar-refractivity contribution is 0.628. The molecule has 0 heterocycles. The van der Waals surface area contributed by atoms with E-state index in [4.69, 9.17) is 23.2 Å². The molecule has 0 aromatic heterocycles. The standard InChI is InChI=1S/C16H16Cl2FN/c1-2-7-20-10-13-4-3-11(8-14(13)17)12-5-6-16(19)15(18)9-12/h3-6,8-9,20H,2,7,10H2,1H3. The predicted octanol–water partition coefficient (Wildman–Crippen LogP) is 5.30. The number of halogens is 3. The van der Waals surface area contributed by atoms with Gasteiger partial charge in [0.05, 0.1) is 5.02 Å². The average molecular weight is 312 g/mol. The molecule has 0 saturated heterocycles. The van der Waals surface area contributed by atoms with E-state index >= 15 is 0 Å². The van der Waals surface area contributed by atoms with Crippen LogP contribution >= 0.6 is 23.2 Å². The first-order valence-electron chi connectivity index (χ1n) is 6.56. The highest BCUT2D eigenvalue weighted by Gasteiger charge is 2.06. The van der Waals surface area contributed by atoms with Gasteiger partial charge in [0.25, 0.3) is 0 Å². The molecule has 0 radical (unpaired) electrons. The van der Waals surface area contributed by atoms with Gasteiger partial charge in [0.2, 0.25) is 0 Å². The van der Waals surface area contributed by atoms with Gasteiger partial charge in [-0.1, -0.05) is 48.3 Å². The highest BCUT2D eigenvalue weighted by molar-refractivity contribution is 6.32. The summed E-state index contributed by atoms with van der Waals surface area (Å²) in [6.45, 7) is 3.83. The average Bonchev–Trinajstić information content (AvgIpc) is 2.44. The van der Waals surface area contributed by atoms with Crippen LogP contribution in [0.25, 0.3) is 11.1 Å². The normalized spacial score (nSPS) is 10.8. The third-order valence-corrected chi connectivity index (χ3v) is 3.69. The number of nitrogens with one attached hydrogen (secondary N) is 1. The van der Waals surface area contributed by atoms with Crippen molar-refractivity contribution in [3.63, 3.8) is 0 Å². The summed E-state index contributed by atoms with van der Waals surface area (Å²) in [5.41, 5.74) is 2.83. The van der Waals surface area contributed by atoms with Crippen molar-refractivity contribution in [3.05, 3.63) is 57.8 Å². The molecular formula is C16H16Cl2FN. The smallest absolute Gasteiger partial charge is 0.141 e. The molecule has 0 aliphatic carbocycles. The van der Waals surface area contributed by atoms with Crippen molar-refractivity contribution in [2.45, 2.75) is 19.9 Å². The fraction of sp³-hybridized carbons (Fsp3) is 0.250. The third kappa shape index (κ3) is 3.72. The monoisotopic (exact) mass is 311 g/mol. The Hall–Kier alpha value is -1.09. The first-order chi connectivity index (χ1) is 9.61. The zero-order chi connectivity index (χ0) is 14.5. The second-order valence-corrected chi connectivity index (χ2v) is 5.43. The number of benzene rings is 2. The Balaban J connectivity index is 2.21. The lowest BCUT2D eigenvalue weighted by Gasteiger charge is -2.09. The lowest BCUT2D eigenvalue weighted by atomic mass is 10.0.